The van der Waals surface area contributed by atoms with Crippen molar-refractivity contribution in [3.63, 3.8) is 0 Å². The van der Waals surface area contributed by atoms with Gasteiger partial charge in [0.2, 0.25) is 0 Å². The number of benzene rings is 1. The van der Waals surface area contributed by atoms with Crippen LogP contribution in [0.15, 0.2) is 24.3 Å². The van der Waals surface area contributed by atoms with Gasteiger partial charge in [0.15, 0.2) is 0 Å². The van der Waals surface area contributed by atoms with E-state index in [-0.39, 0.29) is 16.9 Å². The first-order valence-corrected chi connectivity index (χ1v) is 7.55. The van der Waals surface area contributed by atoms with E-state index >= 15 is 0 Å². The first-order chi connectivity index (χ1) is 10.1. The molecule has 2 aromatic rings. The molecule has 5 heteroatoms. The number of amides is 1. The fourth-order valence-electron chi connectivity index (χ4n) is 2.82. The minimum Gasteiger partial charge on any atom is -0.352 e. The van der Waals surface area contributed by atoms with Crippen LogP contribution in [0.1, 0.15) is 36.0 Å². The molecule has 0 aliphatic heterocycles. The summed E-state index contributed by atoms with van der Waals surface area (Å²) in [5.41, 5.74) is 0.793. The summed E-state index contributed by atoms with van der Waals surface area (Å²) in [4.78, 5) is 16.3. The second-order valence-corrected chi connectivity index (χ2v) is 5.88. The molecule has 1 aromatic carbocycles. The van der Waals surface area contributed by atoms with Crippen molar-refractivity contribution in [1.82, 2.24) is 10.3 Å². The van der Waals surface area contributed by atoms with E-state index in [0.717, 1.165) is 0 Å². The summed E-state index contributed by atoms with van der Waals surface area (Å²) >= 11 is 6.05. The Balaban J connectivity index is 1.80. The van der Waals surface area contributed by atoms with Crippen molar-refractivity contribution in [3.05, 3.63) is 40.8 Å². The molecule has 0 unspecified atom stereocenters. The molecule has 21 heavy (non-hydrogen) atoms. The van der Waals surface area contributed by atoms with E-state index in [9.17, 15) is 9.18 Å². The Labute approximate surface area is 127 Å². The highest BCUT2D eigenvalue weighted by molar-refractivity contribution is 6.33. The van der Waals surface area contributed by atoms with Gasteiger partial charge >= 0.3 is 0 Å². The first-order valence-electron chi connectivity index (χ1n) is 7.17. The molecular formula is C16H16ClFN2O. The third kappa shape index (κ3) is 3.16. The van der Waals surface area contributed by atoms with Crippen LogP contribution in [0.2, 0.25) is 5.15 Å². The number of fused-ring (bicyclic) bond motifs is 1. The van der Waals surface area contributed by atoms with Crippen LogP contribution < -0.4 is 5.32 Å². The van der Waals surface area contributed by atoms with Gasteiger partial charge in [-0.25, -0.2) is 9.37 Å². The minimum absolute atomic E-state index is 0.108. The third-order valence-corrected chi connectivity index (χ3v) is 4.29. The van der Waals surface area contributed by atoms with Gasteiger partial charge in [0.05, 0.1) is 11.1 Å². The lowest BCUT2D eigenvalue weighted by atomic mass is 10.1. The largest absolute Gasteiger partial charge is 0.352 e. The summed E-state index contributed by atoms with van der Waals surface area (Å²) in [7, 11) is 0. The van der Waals surface area contributed by atoms with E-state index in [1.807, 2.05) is 0 Å². The SMILES string of the molecule is O=C(NCC1CCCC1)c1cc2ccc(F)cc2nc1Cl. The predicted molar refractivity (Wildman–Crippen MR) is 81.0 cm³/mol. The van der Waals surface area contributed by atoms with Gasteiger partial charge in [0.1, 0.15) is 11.0 Å². The molecule has 1 aliphatic carbocycles. The summed E-state index contributed by atoms with van der Waals surface area (Å²) in [5, 5.41) is 3.73. The fraction of sp³-hybridized carbons (Fsp3) is 0.375. The van der Waals surface area contributed by atoms with Gasteiger partial charge in [-0.1, -0.05) is 24.4 Å². The van der Waals surface area contributed by atoms with Crippen LogP contribution in [0, 0.1) is 11.7 Å². The molecule has 1 saturated carbocycles. The maximum Gasteiger partial charge on any atom is 0.254 e. The number of rotatable bonds is 3. The van der Waals surface area contributed by atoms with E-state index in [1.54, 1.807) is 12.1 Å². The van der Waals surface area contributed by atoms with E-state index in [1.165, 1.54) is 37.8 Å². The summed E-state index contributed by atoms with van der Waals surface area (Å²) in [6.07, 6.45) is 4.82. The van der Waals surface area contributed by atoms with E-state index in [0.29, 0.717) is 28.9 Å². The lowest BCUT2D eigenvalue weighted by Gasteiger charge is -2.11. The molecule has 1 aromatic heterocycles. The second kappa shape index (κ2) is 5.98. The monoisotopic (exact) mass is 306 g/mol. The van der Waals surface area contributed by atoms with Crippen molar-refractivity contribution in [2.24, 2.45) is 5.92 Å². The molecule has 0 radical (unpaired) electrons. The van der Waals surface area contributed by atoms with E-state index in [4.69, 9.17) is 11.6 Å². The Morgan fingerprint density at radius 2 is 2.10 bits per heavy atom. The first kappa shape index (κ1) is 14.3. The predicted octanol–water partition coefficient (Wildman–Crippen LogP) is 3.95. The van der Waals surface area contributed by atoms with Crippen molar-refractivity contribution in [3.8, 4) is 0 Å². The van der Waals surface area contributed by atoms with Gasteiger partial charge < -0.3 is 5.32 Å². The van der Waals surface area contributed by atoms with Gasteiger partial charge in [-0.2, -0.15) is 0 Å². The Bertz CT molecular complexity index is 683. The Morgan fingerprint density at radius 1 is 1.33 bits per heavy atom. The molecule has 1 fully saturated rings. The fourth-order valence-corrected chi connectivity index (χ4v) is 3.05. The van der Waals surface area contributed by atoms with Gasteiger partial charge in [0, 0.05) is 18.0 Å². The minimum atomic E-state index is -0.371. The summed E-state index contributed by atoms with van der Waals surface area (Å²) in [6.45, 7) is 0.677. The van der Waals surface area contributed by atoms with Gasteiger partial charge in [0.25, 0.3) is 5.91 Å². The molecule has 0 atom stereocenters. The van der Waals surface area contributed by atoms with Crippen LogP contribution in [-0.2, 0) is 0 Å². The molecule has 0 saturated heterocycles. The maximum atomic E-state index is 13.2. The Morgan fingerprint density at radius 3 is 2.86 bits per heavy atom. The zero-order valence-electron chi connectivity index (χ0n) is 11.5. The molecule has 1 N–H and O–H groups in total. The highest BCUT2D eigenvalue weighted by Gasteiger charge is 2.18. The molecule has 1 amide bonds. The molecule has 0 spiro atoms. The zero-order valence-corrected chi connectivity index (χ0v) is 12.3. The molecule has 3 nitrogen and oxygen atoms in total. The maximum absolute atomic E-state index is 13.2. The number of pyridine rings is 1. The van der Waals surface area contributed by atoms with Gasteiger partial charge in [-0.15, -0.1) is 0 Å². The number of nitrogens with one attached hydrogen (secondary N) is 1. The number of hydrogen-bond acceptors (Lipinski definition) is 2. The van der Waals surface area contributed by atoms with Crippen LogP contribution in [0.5, 0.6) is 0 Å². The number of hydrogen-bond donors (Lipinski definition) is 1. The molecule has 110 valence electrons. The molecule has 3 rings (SSSR count). The smallest absolute Gasteiger partial charge is 0.254 e. The Kier molecular flexibility index (Phi) is 4.06. The van der Waals surface area contributed by atoms with Gasteiger partial charge in [-0.05, 0) is 37.0 Å². The average Bonchev–Trinajstić information content (AvgIpc) is 2.97. The molecular weight excluding hydrogens is 291 g/mol. The van der Waals surface area contributed by atoms with Crippen LogP contribution in [0.3, 0.4) is 0 Å². The summed E-state index contributed by atoms with van der Waals surface area (Å²) in [6, 6.07) is 5.91. The van der Waals surface area contributed by atoms with Crippen molar-refractivity contribution >= 4 is 28.4 Å². The van der Waals surface area contributed by atoms with Crippen LogP contribution in [0.4, 0.5) is 4.39 Å². The number of aromatic nitrogens is 1. The van der Waals surface area contributed by atoms with Gasteiger partial charge in [-0.3, -0.25) is 4.79 Å². The zero-order chi connectivity index (χ0) is 14.8. The van der Waals surface area contributed by atoms with Crippen molar-refractivity contribution in [2.75, 3.05) is 6.54 Å². The Hall–Kier alpha value is -1.68. The molecule has 0 bridgehead atoms. The van der Waals surface area contributed by atoms with E-state index in [2.05, 4.69) is 10.3 Å². The highest BCUT2D eigenvalue weighted by Crippen LogP contribution is 2.24. The third-order valence-electron chi connectivity index (χ3n) is 4.00. The van der Waals surface area contributed by atoms with Crippen molar-refractivity contribution in [2.45, 2.75) is 25.7 Å². The lowest BCUT2D eigenvalue weighted by molar-refractivity contribution is 0.0947. The molecule has 1 heterocycles. The van der Waals surface area contributed by atoms with Crippen LogP contribution in [-0.4, -0.2) is 17.4 Å². The molecule has 1 aliphatic rings. The topological polar surface area (TPSA) is 42.0 Å². The van der Waals surface area contributed by atoms with Crippen LogP contribution >= 0.6 is 11.6 Å². The number of halogens is 2. The number of nitrogens with zero attached hydrogens (tertiary/aromatic N) is 1. The quantitative estimate of drug-likeness (QED) is 0.873. The summed E-state index contributed by atoms with van der Waals surface area (Å²) < 4.78 is 13.2. The number of carbonyl (C=O) groups excluding carboxylic acids is 1. The van der Waals surface area contributed by atoms with Crippen molar-refractivity contribution < 1.29 is 9.18 Å². The normalized spacial score (nSPS) is 15.5. The number of carbonyl (C=O) groups is 1. The highest BCUT2D eigenvalue weighted by atomic mass is 35.5. The lowest BCUT2D eigenvalue weighted by Crippen LogP contribution is -2.28. The summed E-state index contributed by atoms with van der Waals surface area (Å²) in [5.74, 6) is -0.0228. The van der Waals surface area contributed by atoms with Crippen molar-refractivity contribution in [1.29, 1.82) is 0 Å². The standard InChI is InChI=1S/C16H16ClFN2O/c17-15-13(16(21)19-9-10-3-1-2-4-10)7-11-5-6-12(18)8-14(11)20-15/h5-8,10H,1-4,9H2,(H,19,21). The van der Waals surface area contributed by atoms with Crippen LogP contribution in [0.25, 0.3) is 10.9 Å². The average molecular weight is 307 g/mol. The second-order valence-electron chi connectivity index (χ2n) is 5.52. The van der Waals surface area contributed by atoms with E-state index < -0.39 is 0 Å².